The summed E-state index contributed by atoms with van der Waals surface area (Å²) in [6.07, 6.45) is 25.2. The van der Waals surface area contributed by atoms with Gasteiger partial charge < -0.3 is 21.5 Å². The predicted molar refractivity (Wildman–Crippen MR) is 442 cm³/mol. The van der Waals surface area contributed by atoms with E-state index in [2.05, 4.69) is 398 Å². The molecule has 0 unspecified atom stereocenters. The van der Waals surface area contributed by atoms with E-state index in [9.17, 15) is 0 Å². The molecule has 0 fully saturated rings. The Morgan fingerprint density at radius 3 is 0.628 bits per heavy atom. The molecular weight excluding hydrogens is 1510 g/mol. The van der Waals surface area contributed by atoms with Crippen molar-refractivity contribution in [1.82, 2.24) is 0 Å². The van der Waals surface area contributed by atoms with Crippen LogP contribution in [0.4, 0.5) is 0 Å². The second kappa shape index (κ2) is 39.3. The zero-order chi connectivity index (χ0) is 66.1. The average molecular weight is 1620 g/mol. The van der Waals surface area contributed by atoms with Crippen molar-refractivity contribution in [1.29, 1.82) is 0 Å². The van der Waals surface area contributed by atoms with Crippen LogP contribution in [0.5, 0.6) is 0 Å². The molecular formula is C86H108Br3INP3. The number of unbranched alkanes of at least 4 members (excludes halogenated alkanes) is 14. The first-order valence-electron chi connectivity index (χ1n) is 34.8. The molecule has 0 heterocycles. The topological polar surface area (TPSA) is 0 Å². The molecule has 1 nitrogen and oxygen atoms in total. The molecule has 0 atom stereocenters. The van der Waals surface area contributed by atoms with E-state index >= 15 is 0 Å². The van der Waals surface area contributed by atoms with Crippen LogP contribution in [-0.4, -0.2) is 44.0 Å². The largest absolute Gasteiger partial charge is 1.00 e. The third kappa shape index (κ3) is 19.1. The maximum absolute atomic E-state index is 4.46. The van der Waals surface area contributed by atoms with E-state index in [0.29, 0.717) is 0 Å². The van der Waals surface area contributed by atoms with Crippen LogP contribution in [0.3, 0.4) is 0 Å². The summed E-state index contributed by atoms with van der Waals surface area (Å²) in [6, 6.07) is 109. The van der Waals surface area contributed by atoms with Crippen LogP contribution >= 0.6 is 67.9 Å². The van der Waals surface area contributed by atoms with Crippen LogP contribution in [0.25, 0.3) is 0 Å². The number of benzene rings is 10. The van der Waals surface area contributed by atoms with Gasteiger partial charge in [-0.15, -0.1) is 0 Å². The SMILES string of the molecule is BrP(c1ccccc1)(c1ccccc1)(c1ccccc1)c1ccccc1.CCCCCCCCCC[N+](C)(C)CCCCCCCCCC.CCP(Br)(c1ccccc1)(c1ccccc1)c1ccccc1.CCP(I)(c1ccccc1)(c1ccccc1)c1ccccc1.[Br-]. The van der Waals surface area contributed by atoms with Crippen LogP contribution < -0.4 is 70.0 Å². The molecule has 0 aliphatic heterocycles. The molecule has 0 spiro atoms. The van der Waals surface area contributed by atoms with Gasteiger partial charge in [-0.3, -0.25) is 0 Å². The molecule has 0 N–H and O–H groups in total. The van der Waals surface area contributed by atoms with E-state index in [1.54, 1.807) is 0 Å². The summed E-state index contributed by atoms with van der Waals surface area (Å²) < 4.78 is -1.19. The van der Waals surface area contributed by atoms with Crippen molar-refractivity contribution in [3.8, 4) is 0 Å². The van der Waals surface area contributed by atoms with E-state index in [1.807, 2.05) is 0 Å². The van der Waals surface area contributed by atoms with Crippen LogP contribution in [-0.2, 0) is 0 Å². The van der Waals surface area contributed by atoms with Crippen LogP contribution in [0.15, 0.2) is 303 Å². The smallest absolute Gasteiger partial charge is 1.00 e. The van der Waals surface area contributed by atoms with Gasteiger partial charge in [0.15, 0.2) is 0 Å². The quantitative estimate of drug-likeness (QED) is 0.0182. The van der Waals surface area contributed by atoms with E-state index < -0.39 is 14.9 Å². The van der Waals surface area contributed by atoms with E-state index in [0.717, 1.165) is 12.3 Å². The number of hydrogen-bond donors (Lipinski definition) is 0. The first-order valence-corrected chi connectivity index (χ1v) is 48.7. The summed E-state index contributed by atoms with van der Waals surface area (Å²) in [4.78, 5) is 0. The molecule has 0 aromatic heterocycles. The standard InChI is InChI=1S/C24H20BrP.C22H48N.C20H20BrP.C20H20IP.BrH/c25-26(21-13-5-1-6-14-21,22-15-7-2-8-16-22,23-17-9-3-10-18-23)24-19-11-4-12-20-24;1-5-7-9-11-13-15-17-19-21-23(3,4)22-20-18-16-14-12-10-8-6-2;2*1-2-22(21,18-12-6-3-7-13-18,19-14-8-4-9-15-19)20-16-10-5-11-17-20;/h1-20H;5-22H2,1-4H3;2*3-17H,2H2,1H3;1H/q;+1;;;/p-1. The zero-order valence-corrected chi connectivity index (χ0v) is 66.9. The van der Waals surface area contributed by atoms with Gasteiger partial charge >= 0.3 is 450 Å². The Balaban J connectivity index is 0.000000198. The minimum absolute atomic E-state index is 0. The fraction of sp³-hybridized carbons (Fsp3) is 0.302. The summed E-state index contributed by atoms with van der Waals surface area (Å²) in [5.41, 5.74) is 0. The molecule has 0 bridgehead atoms. The molecule has 0 radical (unpaired) electrons. The average Bonchev–Trinajstić information content (AvgIpc) is 0.713. The first kappa shape index (κ1) is 78.6. The Morgan fingerprint density at radius 2 is 0.436 bits per heavy atom. The third-order valence-electron chi connectivity index (χ3n) is 19.2. The van der Waals surface area contributed by atoms with Gasteiger partial charge in [-0.1, -0.05) is 90.9 Å². The second-order valence-electron chi connectivity index (χ2n) is 25.7. The van der Waals surface area contributed by atoms with E-state index in [4.69, 9.17) is 0 Å². The fourth-order valence-electron chi connectivity index (χ4n) is 13.6. The van der Waals surface area contributed by atoms with Gasteiger partial charge in [0.25, 0.3) is 0 Å². The van der Waals surface area contributed by atoms with Gasteiger partial charge in [0.2, 0.25) is 0 Å². The second-order valence-corrected chi connectivity index (χ2v) is 54.2. The van der Waals surface area contributed by atoms with Crippen molar-refractivity contribution in [2.24, 2.45) is 0 Å². The minimum Gasteiger partial charge on any atom is -1.00 e. The van der Waals surface area contributed by atoms with Crippen molar-refractivity contribution in [3.63, 3.8) is 0 Å². The molecule has 10 aromatic carbocycles. The number of rotatable bonds is 30. The Morgan fingerprint density at radius 1 is 0.255 bits per heavy atom. The number of nitrogens with zero attached hydrogens (tertiary/aromatic N) is 1. The van der Waals surface area contributed by atoms with Crippen molar-refractivity contribution in [2.45, 2.75) is 130 Å². The summed E-state index contributed by atoms with van der Waals surface area (Å²) >= 11 is 11.6. The Hall–Kier alpha value is -4.38. The number of halogens is 4. The molecule has 0 saturated carbocycles. The van der Waals surface area contributed by atoms with Gasteiger partial charge in [-0.05, 0) is 25.7 Å². The van der Waals surface area contributed by atoms with E-state index in [-0.39, 0.29) is 17.0 Å². The van der Waals surface area contributed by atoms with Gasteiger partial charge in [0.05, 0.1) is 27.2 Å². The van der Waals surface area contributed by atoms with Gasteiger partial charge in [0, 0.05) is 0 Å². The first-order chi connectivity index (χ1) is 45.3. The predicted octanol–water partition coefficient (Wildman–Crippen LogP) is 19.2. The fourth-order valence-corrected chi connectivity index (χ4v) is 34.9. The Labute approximate surface area is 610 Å². The number of hydrogen-bond acceptors (Lipinski definition) is 0. The summed E-state index contributed by atoms with van der Waals surface area (Å²) in [6.45, 7) is 12.0. The van der Waals surface area contributed by atoms with Crippen LogP contribution in [0.1, 0.15) is 130 Å². The molecule has 0 aliphatic carbocycles. The number of quaternary nitrogens is 1. The molecule has 10 aromatic rings. The summed E-state index contributed by atoms with van der Waals surface area (Å²) in [5, 5.41) is 8.15. The summed E-state index contributed by atoms with van der Waals surface area (Å²) in [7, 11) is 4.87. The van der Waals surface area contributed by atoms with Crippen LogP contribution in [0, 0.1) is 0 Å². The third-order valence-corrected chi connectivity index (χ3v) is 52.0. The minimum atomic E-state index is -3.00. The Kier molecular flexibility index (Phi) is 32.8. The molecule has 0 saturated heterocycles. The van der Waals surface area contributed by atoms with Gasteiger partial charge in [-0.2, -0.15) is 0 Å². The maximum Gasteiger partial charge on any atom is -1.00 e. The molecule has 500 valence electrons. The zero-order valence-electron chi connectivity index (χ0n) is 57.3. The van der Waals surface area contributed by atoms with E-state index in [1.165, 1.54) is 173 Å². The Bertz CT molecular complexity index is 3090. The molecule has 94 heavy (non-hydrogen) atoms. The maximum atomic E-state index is 4.46. The normalized spacial score (nSPS) is 12.7. The van der Waals surface area contributed by atoms with Gasteiger partial charge in [0.1, 0.15) is 0 Å². The molecule has 0 aliphatic rings. The van der Waals surface area contributed by atoms with Crippen LogP contribution in [0.2, 0.25) is 0 Å². The van der Waals surface area contributed by atoms with Gasteiger partial charge in [-0.25, -0.2) is 0 Å². The summed E-state index contributed by atoms with van der Waals surface area (Å²) in [5.74, 6) is 0. The molecule has 10 rings (SSSR count). The molecule has 8 heteroatoms. The van der Waals surface area contributed by atoms with Crippen molar-refractivity contribution in [2.75, 3.05) is 39.5 Å². The van der Waals surface area contributed by atoms with Crippen molar-refractivity contribution in [3.05, 3.63) is 303 Å². The van der Waals surface area contributed by atoms with Crippen molar-refractivity contribution >= 4 is 121 Å². The molecule has 0 amide bonds. The monoisotopic (exact) mass is 1610 g/mol. The van der Waals surface area contributed by atoms with Crippen molar-refractivity contribution < 1.29 is 21.5 Å².